The number of nitrogens with one attached hydrogen (secondary N) is 1. The maximum absolute atomic E-state index is 12.4. The van der Waals surface area contributed by atoms with Gasteiger partial charge in [-0.05, 0) is 31.2 Å². The van der Waals surface area contributed by atoms with E-state index < -0.39 is 28.8 Å². The SMILES string of the molecule is CC[S@@](=O)c1ccccc1C(=O)O[C@@H](C)C(=O)Nc1c(Cl)cccc1Cl. The van der Waals surface area contributed by atoms with Crippen LogP contribution in [0.15, 0.2) is 47.4 Å². The monoisotopic (exact) mass is 413 g/mol. The molecule has 2 aromatic carbocycles. The number of hydrogen-bond donors (Lipinski definition) is 1. The minimum Gasteiger partial charge on any atom is -0.449 e. The summed E-state index contributed by atoms with van der Waals surface area (Å²) in [6, 6.07) is 11.3. The van der Waals surface area contributed by atoms with Crippen LogP contribution in [0.4, 0.5) is 5.69 Å². The smallest absolute Gasteiger partial charge is 0.340 e. The minimum atomic E-state index is -1.32. The Labute approximate surface area is 164 Å². The Morgan fingerprint density at radius 1 is 1.12 bits per heavy atom. The van der Waals surface area contributed by atoms with E-state index in [1.165, 1.54) is 13.0 Å². The first kappa shape index (κ1) is 20.4. The number of para-hydroxylation sites is 1. The van der Waals surface area contributed by atoms with E-state index >= 15 is 0 Å². The molecule has 0 spiro atoms. The molecular weight excluding hydrogens is 397 g/mol. The molecule has 0 aromatic heterocycles. The number of hydrogen-bond acceptors (Lipinski definition) is 4. The molecule has 0 saturated heterocycles. The first-order valence-corrected chi connectivity index (χ1v) is 9.85. The molecule has 1 amide bonds. The molecule has 0 unspecified atom stereocenters. The van der Waals surface area contributed by atoms with Gasteiger partial charge < -0.3 is 10.1 Å². The van der Waals surface area contributed by atoms with Crippen LogP contribution in [0, 0.1) is 0 Å². The van der Waals surface area contributed by atoms with Gasteiger partial charge in [0.25, 0.3) is 5.91 Å². The molecule has 138 valence electrons. The van der Waals surface area contributed by atoms with Crippen molar-refractivity contribution >= 4 is 51.6 Å². The van der Waals surface area contributed by atoms with Crippen molar-refractivity contribution in [2.45, 2.75) is 24.8 Å². The van der Waals surface area contributed by atoms with E-state index in [1.807, 2.05) is 0 Å². The predicted molar refractivity (Wildman–Crippen MR) is 103 cm³/mol. The molecule has 2 atom stereocenters. The van der Waals surface area contributed by atoms with Crippen molar-refractivity contribution in [3.05, 3.63) is 58.1 Å². The normalized spacial score (nSPS) is 12.9. The summed E-state index contributed by atoms with van der Waals surface area (Å²) >= 11 is 12.0. The number of carbonyl (C=O) groups excluding carboxylic acids is 2. The highest BCUT2D eigenvalue weighted by Crippen LogP contribution is 2.30. The molecule has 5 nitrogen and oxygen atoms in total. The summed E-state index contributed by atoms with van der Waals surface area (Å²) in [5.74, 6) is -0.941. The number of anilines is 1. The molecule has 8 heteroatoms. The fraction of sp³-hybridized carbons (Fsp3) is 0.222. The topological polar surface area (TPSA) is 72.5 Å². The van der Waals surface area contributed by atoms with Crippen LogP contribution in [0.2, 0.25) is 10.0 Å². The fourth-order valence-corrected chi connectivity index (χ4v) is 3.54. The van der Waals surface area contributed by atoms with Crippen LogP contribution in [0.1, 0.15) is 24.2 Å². The summed E-state index contributed by atoms with van der Waals surface area (Å²) in [6.07, 6.45) is -1.10. The number of benzene rings is 2. The summed E-state index contributed by atoms with van der Waals surface area (Å²) < 4.78 is 17.3. The third kappa shape index (κ3) is 4.84. The van der Waals surface area contributed by atoms with E-state index in [2.05, 4.69) is 5.32 Å². The van der Waals surface area contributed by atoms with E-state index in [4.69, 9.17) is 27.9 Å². The van der Waals surface area contributed by atoms with Crippen LogP contribution in [0.25, 0.3) is 0 Å². The van der Waals surface area contributed by atoms with Gasteiger partial charge in [-0.25, -0.2) is 4.79 Å². The van der Waals surface area contributed by atoms with Gasteiger partial charge in [-0.1, -0.05) is 48.3 Å². The largest absolute Gasteiger partial charge is 0.449 e. The second-order valence-electron chi connectivity index (χ2n) is 5.26. The number of ether oxygens (including phenoxy) is 1. The van der Waals surface area contributed by atoms with Gasteiger partial charge in [-0.3, -0.25) is 9.00 Å². The maximum Gasteiger partial charge on any atom is 0.340 e. The molecule has 1 N–H and O–H groups in total. The van der Waals surface area contributed by atoms with Crippen LogP contribution < -0.4 is 5.32 Å². The van der Waals surface area contributed by atoms with Crippen LogP contribution in [-0.4, -0.2) is 27.9 Å². The van der Waals surface area contributed by atoms with Gasteiger partial charge in [-0.15, -0.1) is 0 Å². The second-order valence-corrected chi connectivity index (χ2v) is 7.79. The Morgan fingerprint density at radius 3 is 2.35 bits per heavy atom. The lowest BCUT2D eigenvalue weighted by Gasteiger charge is -2.16. The molecule has 2 aromatic rings. The summed E-state index contributed by atoms with van der Waals surface area (Å²) in [4.78, 5) is 25.1. The molecule has 0 aliphatic heterocycles. The molecular formula is C18H17Cl2NO4S. The van der Waals surface area contributed by atoms with E-state index in [0.29, 0.717) is 10.6 Å². The Hall–Kier alpha value is -1.89. The number of halogens is 2. The minimum absolute atomic E-state index is 0.170. The predicted octanol–water partition coefficient (Wildman–Crippen LogP) is 4.30. The standard InChI is InChI=1S/C18H17Cl2NO4S/c1-3-26(24)15-10-5-4-7-12(15)18(23)25-11(2)17(22)21-16-13(19)8-6-9-14(16)20/h4-11H,3H2,1-2H3,(H,21,22)/t11-,26+/m0/s1. The van der Waals surface area contributed by atoms with Crippen LogP contribution in [-0.2, 0) is 20.3 Å². The summed E-state index contributed by atoms with van der Waals surface area (Å²) in [5, 5.41) is 3.09. The van der Waals surface area contributed by atoms with Gasteiger partial charge >= 0.3 is 5.97 Å². The summed E-state index contributed by atoms with van der Waals surface area (Å²) in [7, 11) is -1.32. The quantitative estimate of drug-likeness (QED) is 0.716. The molecule has 0 radical (unpaired) electrons. The highest BCUT2D eigenvalue weighted by Gasteiger charge is 2.23. The number of carbonyl (C=O) groups is 2. The van der Waals surface area contributed by atoms with Crippen molar-refractivity contribution in [3.8, 4) is 0 Å². The fourth-order valence-electron chi connectivity index (χ4n) is 2.11. The second kappa shape index (κ2) is 9.16. The van der Waals surface area contributed by atoms with Crippen LogP contribution in [0.5, 0.6) is 0 Å². The highest BCUT2D eigenvalue weighted by atomic mass is 35.5. The number of esters is 1. The third-order valence-corrected chi connectivity index (χ3v) is 5.48. The maximum atomic E-state index is 12.4. The average Bonchev–Trinajstić information content (AvgIpc) is 2.63. The first-order valence-electron chi connectivity index (χ1n) is 7.78. The Kier molecular flexibility index (Phi) is 7.20. The lowest BCUT2D eigenvalue weighted by molar-refractivity contribution is -0.123. The van der Waals surface area contributed by atoms with Crippen LogP contribution >= 0.6 is 23.2 Å². The van der Waals surface area contributed by atoms with E-state index in [9.17, 15) is 13.8 Å². The molecule has 0 fully saturated rings. The first-order chi connectivity index (χ1) is 12.3. The number of amides is 1. The summed E-state index contributed by atoms with van der Waals surface area (Å²) in [5.41, 5.74) is 0.416. The molecule has 0 saturated carbocycles. The number of rotatable bonds is 6. The summed E-state index contributed by atoms with van der Waals surface area (Å²) in [6.45, 7) is 3.18. The van der Waals surface area contributed by atoms with Gasteiger partial charge in [0.15, 0.2) is 6.10 Å². The van der Waals surface area contributed by atoms with Gasteiger partial charge in [0, 0.05) is 5.75 Å². The van der Waals surface area contributed by atoms with Gasteiger partial charge in [0.1, 0.15) is 0 Å². The van der Waals surface area contributed by atoms with E-state index in [1.54, 1.807) is 43.3 Å². The zero-order valence-corrected chi connectivity index (χ0v) is 16.5. The molecule has 0 heterocycles. The van der Waals surface area contributed by atoms with Crippen molar-refractivity contribution in [1.82, 2.24) is 0 Å². The highest BCUT2D eigenvalue weighted by molar-refractivity contribution is 7.85. The Morgan fingerprint density at radius 2 is 1.73 bits per heavy atom. The van der Waals surface area contributed by atoms with Crippen molar-refractivity contribution in [2.24, 2.45) is 0 Å². The molecule has 26 heavy (non-hydrogen) atoms. The van der Waals surface area contributed by atoms with Gasteiger partial charge in [0.2, 0.25) is 0 Å². The molecule has 0 aliphatic carbocycles. The third-order valence-electron chi connectivity index (χ3n) is 3.48. The van der Waals surface area contributed by atoms with E-state index in [-0.39, 0.29) is 21.3 Å². The molecule has 2 rings (SSSR count). The molecule has 0 bridgehead atoms. The Balaban J connectivity index is 2.12. The lowest BCUT2D eigenvalue weighted by atomic mass is 10.2. The van der Waals surface area contributed by atoms with Gasteiger partial charge in [0.05, 0.1) is 37.0 Å². The van der Waals surface area contributed by atoms with Crippen molar-refractivity contribution in [3.63, 3.8) is 0 Å². The van der Waals surface area contributed by atoms with Crippen molar-refractivity contribution in [1.29, 1.82) is 0 Å². The molecule has 0 aliphatic rings. The lowest BCUT2D eigenvalue weighted by Crippen LogP contribution is -2.30. The van der Waals surface area contributed by atoms with E-state index in [0.717, 1.165) is 0 Å². The zero-order chi connectivity index (χ0) is 19.3. The zero-order valence-electron chi connectivity index (χ0n) is 14.1. The van der Waals surface area contributed by atoms with Crippen molar-refractivity contribution in [2.75, 3.05) is 11.1 Å². The van der Waals surface area contributed by atoms with Crippen molar-refractivity contribution < 1.29 is 18.5 Å². The van der Waals surface area contributed by atoms with Gasteiger partial charge in [-0.2, -0.15) is 0 Å². The average molecular weight is 414 g/mol. The Bertz CT molecular complexity index is 837. The van der Waals surface area contributed by atoms with Crippen LogP contribution in [0.3, 0.4) is 0 Å².